The first-order valence-corrected chi connectivity index (χ1v) is 9.10. The van der Waals surface area contributed by atoms with Gasteiger partial charge in [-0.25, -0.2) is 0 Å². The van der Waals surface area contributed by atoms with E-state index in [1.807, 2.05) is 32.1 Å². The fourth-order valence-electron chi connectivity index (χ4n) is 3.37. The van der Waals surface area contributed by atoms with E-state index in [0.717, 1.165) is 51.1 Å². The Morgan fingerprint density at radius 2 is 1.89 bits per heavy atom. The van der Waals surface area contributed by atoms with Crippen LogP contribution in [0.25, 0.3) is 5.57 Å². The van der Waals surface area contributed by atoms with Crippen LogP contribution in [0, 0.1) is 6.92 Å². The van der Waals surface area contributed by atoms with Crippen molar-refractivity contribution in [2.45, 2.75) is 39.7 Å². The molecule has 0 radical (unpaired) electrons. The summed E-state index contributed by atoms with van der Waals surface area (Å²) in [5, 5.41) is 12.5. The third-order valence-corrected chi connectivity index (χ3v) is 5.46. The first-order chi connectivity index (χ1) is 12.7. The van der Waals surface area contributed by atoms with Crippen molar-refractivity contribution in [3.8, 4) is 0 Å². The third-order valence-electron chi connectivity index (χ3n) is 5.46. The molecule has 1 unspecified atom stereocenters. The first kappa shape index (κ1) is 18.9. The highest BCUT2D eigenvalue weighted by molar-refractivity contribution is 6.10. The summed E-state index contributed by atoms with van der Waals surface area (Å²) >= 11 is 0. The summed E-state index contributed by atoms with van der Waals surface area (Å²) in [6.07, 6.45) is 11.0. The third kappa shape index (κ3) is 3.67. The Balaban J connectivity index is 2.22. The zero-order valence-corrected chi connectivity index (χ0v) is 16.4. The van der Waals surface area contributed by atoms with Crippen LogP contribution in [-0.2, 0) is 0 Å². The number of nitrogens with zero attached hydrogens (tertiary/aromatic N) is 1. The van der Waals surface area contributed by atoms with E-state index >= 15 is 0 Å². The number of hydrogen-bond acceptors (Lipinski definition) is 4. The lowest BCUT2D eigenvalue weighted by atomic mass is 9.79. The van der Waals surface area contributed by atoms with Crippen LogP contribution in [0.4, 0.5) is 5.69 Å². The van der Waals surface area contributed by atoms with Crippen molar-refractivity contribution in [1.82, 2.24) is 0 Å². The molecule has 1 atom stereocenters. The smallest absolute Gasteiger partial charge is 0.105 e. The van der Waals surface area contributed by atoms with E-state index in [4.69, 9.17) is 16.7 Å². The Hall–Kier alpha value is -2.85. The molecule has 4 nitrogen and oxygen atoms in total. The van der Waals surface area contributed by atoms with Crippen molar-refractivity contribution in [3.05, 3.63) is 82.0 Å². The standard InChI is InChI=1S/C23H27N3O/c1-14-11-17(5-7-20(14)24)22(18-6-8-21(26-27)15(2)12-18)19-9-10-23(4,25)16(3)13-19/h5-9,11-13,27H,10,24-25H2,1-4H3/b22-18-,26-21?. The Bertz CT molecular complexity index is 969. The average Bonchev–Trinajstić information content (AvgIpc) is 2.62. The number of nitrogen functional groups attached to an aromatic ring is 1. The predicted octanol–water partition coefficient (Wildman–Crippen LogP) is 4.67. The van der Waals surface area contributed by atoms with Crippen molar-refractivity contribution < 1.29 is 5.21 Å². The second-order valence-corrected chi connectivity index (χ2v) is 7.66. The van der Waals surface area contributed by atoms with Gasteiger partial charge in [-0.05, 0) is 91.8 Å². The largest absolute Gasteiger partial charge is 0.410 e. The van der Waals surface area contributed by atoms with Gasteiger partial charge in [0.2, 0.25) is 0 Å². The molecule has 0 heterocycles. The normalized spacial score (nSPS) is 25.8. The number of nitrogens with two attached hydrogens (primary N) is 2. The van der Waals surface area contributed by atoms with Gasteiger partial charge in [0.1, 0.15) is 5.71 Å². The molecule has 1 aromatic carbocycles. The van der Waals surface area contributed by atoms with Crippen LogP contribution in [0.1, 0.15) is 38.3 Å². The van der Waals surface area contributed by atoms with Crippen LogP contribution in [0.3, 0.4) is 0 Å². The molecular formula is C23H27N3O. The van der Waals surface area contributed by atoms with Crippen molar-refractivity contribution in [3.63, 3.8) is 0 Å². The second kappa shape index (κ2) is 7.05. The summed E-state index contributed by atoms with van der Waals surface area (Å²) in [4.78, 5) is 0. The molecule has 0 saturated carbocycles. The molecule has 27 heavy (non-hydrogen) atoms. The Morgan fingerprint density at radius 1 is 1.15 bits per heavy atom. The second-order valence-electron chi connectivity index (χ2n) is 7.66. The van der Waals surface area contributed by atoms with Gasteiger partial charge >= 0.3 is 0 Å². The number of anilines is 1. The van der Waals surface area contributed by atoms with Crippen LogP contribution in [0.15, 0.2) is 76.0 Å². The summed E-state index contributed by atoms with van der Waals surface area (Å²) in [5.41, 5.74) is 21.0. The number of oxime groups is 1. The minimum Gasteiger partial charge on any atom is -0.410 e. The fraction of sp³-hybridized carbons (Fsp3) is 0.261. The summed E-state index contributed by atoms with van der Waals surface area (Å²) in [6, 6.07) is 6.12. The Labute approximate surface area is 160 Å². The van der Waals surface area contributed by atoms with E-state index in [0.29, 0.717) is 5.71 Å². The number of allylic oxidation sites excluding steroid dienone is 8. The average molecular weight is 361 g/mol. The molecule has 0 fully saturated rings. The van der Waals surface area contributed by atoms with Crippen molar-refractivity contribution in [1.29, 1.82) is 0 Å². The molecule has 0 spiro atoms. The topological polar surface area (TPSA) is 84.6 Å². The van der Waals surface area contributed by atoms with Gasteiger partial charge in [-0.1, -0.05) is 35.0 Å². The lowest BCUT2D eigenvalue weighted by Crippen LogP contribution is -2.38. The fourth-order valence-corrected chi connectivity index (χ4v) is 3.37. The van der Waals surface area contributed by atoms with Crippen molar-refractivity contribution in [2.75, 3.05) is 5.73 Å². The SMILES string of the molecule is CC1=C/C(=C(\C2=CCC(C)(N)C(C)=C2)c2ccc(N)c(C)c2)C=CC1=NO. The molecule has 140 valence electrons. The van der Waals surface area contributed by atoms with E-state index < -0.39 is 0 Å². The highest BCUT2D eigenvalue weighted by Gasteiger charge is 2.25. The van der Waals surface area contributed by atoms with Gasteiger partial charge in [-0.15, -0.1) is 0 Å². The van der Waals surface area contributed by atoms with E-state index in [1.54, 1.807) is 0 Å². The van der Waals surface area contributed by atoms with E-state index in [-0.39, 0.29) is 5.54 Å². The minimum absolute atomic E-state index is 0.318. The molecule has 0 amide bonds. The summed E-state index contributed by atoms with van der Waals surface area (Å²) in [5.74, 6) is 0. The molecular weight excluding hydrogens is 334 g/mol. The van der Waals surface area contributed by atoms with Crippen LogP contribution < -0.4 is 11.5 Å². The zero-order chi connectivity index (χ0) is 19.8. The number of hydrogen-bond donors (Lipinski definition) is 3. The van der Waals surface area contributed by atoms with Crippen molar-refractivity contribution >= 4 is 17.0 Å². The number of aryl methyl sites for hydroxylation is 1. The van der Waals surface area contributed by atoms with Crippen LogP contribution >= 0.6 is 0 Å². The van der Waals surface area contributed by atoms with Gasteiger partial charge in [0.05, 0.1) is 0 Å². The first-order valence-electron chi connectivity index (χ1n) is 9.10. The van der Waals surface area contributed by atoms with Gasteiger partial charge in [-0.3, -0.25) is 0 Å². The summed E-state index contributed by atoms with van der Waals surface area (Å²) < 4.78 is 0. The highest BCUT2D eigenvalue weighted by Crippen LogP contribution is 2.37. The molecule has 1 aromatic rings. The van der Waals surface area contributed by atoms with Crippen molar-refractivity contribution in [2.24, 2.45) is 10.9 Å². The van der Waals surface area contributed by atoms with E-state index in [1.165, 1.54) is 0 Å². The maximum absolute atomic E-state index is 9.14. The number of rotatable bonds is 2. The molecule has 2 aliphatic carbocycles. The van der Waals surface area contributed by atoms with Gasteiger partial charge in [0.25, 0.3) is 0 Å². The monoisotopic (exact) mass is 361 g/mol. The van der Waals surface area contributed by atoms with Gasteiger partial charge in [0.15, 0.2) is 0 Å². The van der Waals surface area contributed by atoms with Gasteiger partial charge in [0, 0.05) is 11.2 Å². The minimum atomic E-state index is -0.318. The van der Waals surface area contributed by atoms with E-state index in [2.05, 4.69) is 49.4 Å². The predicted molar refractivity (Wildman–Crippen MR) is 114 cm³/mol. The highest BCUT2D eigenvalue weighted by atomic mass is 16.4. The van der Waals surface area contributed by atoms with Crippen LogP contribution in [0.5, 0.6) is 0 Å². The zero-order valence-electron chi connectivity index (χ0n) is 16.4. The van der Waals surface area contributed by atoms with Gasteiger partial charge < -0.3 is 16.7 Å². The lowest BCUT2D eigenvalue weighted by molar-refractivity contribution is 0.319. The molecule has 3 rings (SSSR count). The quantitative estimate of drug-likeness (QED) is 0.406. The summed E-state index contributed by atoms with van der Waals surface area (Å²) in [6.45, 7) is 8.10. The molecule has 0 aliphatic heterocycles. The molecule has 4 heteroatoms. The Morgan fingerprint density at radius 3 is 2.48 bits per heavy atom. The molecule has 0 saturated heterocycles. The maximum Gasteiger partial charge on any atom is 0.105 e. The lowest BCUT2D eigenvalue weighted by Gasteiger charge is -2.30. The maximum atomic E-state index is 9.14. The Kier molecular flexibility index (Phi) is 4.94. The van der Waals surface area contributed by atoms with E-state index in [9.17, 15) is 0 Å². The molecule has 0 bridgehead atoms. The molecule has 2 aliphatic rings. The van der Waals surface area contributed by atoms with Crippen LogP contribution in [0.2, 0.25) is 0 Å². The van der Waals surface area contributed by atoms with Gasteiger partial charge in [-0.2, -0.15) is 0 Å². The molecule has 0 aromatic heterocycles. The number of benzene rings is 1. The summed E-state index contributed by atoms with van der Waals surface area (Å²) in [7, 11) is 0. The molecule has 5 N–H and O–H groups in total. The van der Waals surface area contributed by atoms with Crippen LogP contribution in [-0.4, -0.2) is 16.5 Å².